The third kappa shape index (κ3) is 3.92. The van der Waals surface area contributed by atoms with Gasteiger partial charge in [-0.3, -0.25) is 9.59 Å². The van der Waals surface area contributed by atoms with Crippen LogP contribution in [0.25, 0.3) is 10.9 Å². The summed E-state index contributed by atoms with van der Waals surface area (Å²) in [7, 11) is 0. The van der Waals surface area contributed by atoms with Crippen molar-refractivity contribution >= 4 is 28.4 Å². The van der Waals surface area contributed by atoms with Gasteiger partial charge in [0, 0.05) is 18.5 Å². The van der Waals surface area contributed by atoms with Gasteiger partial charge in [-0.2, -0.15) is 0 Å². The SMILES string of the molecule is CC(=O)Nc1cccc2c1ccn2CC(=O)N[C@@H](CO)c1ccccc1. The van der Waals surface area contributed by atoms with Crippen molar-refractivity contribution in [1.29, 1.82) is 0 Å². The van der Waals surface area contributed by atoms with Crippen molar-refractivity contribution in [2.24, 2.45) is 0 Å². The fraction of sp³-hybridized carbons (Fsp3) is 0.200. The Morgan fingerprint density at radius 3 is 2.54 bits per heavy atom. The molecule has 3 aromatic rings. The maximum absolute atomic E-state index is 12.4. The largest absolute Gasteiger partial charge is 0.394 e. The van der Waals surface area contributed by atoms with Crippen molar-refractivity contribution in [1.82, 2.24) is 9.88 Å². The Kier molecular flexibility index (Phi) is 5.34. The van der Waals surface area contributed by atoms with Crippen LogP contribution < -0.4 is 10.6 Å². The minimum absolute atomic E-state index is 0.121. The van der Waals surface area contributed by atoms with Gasteiger partial charge in [0.1, 0.15) is 6.54 Å². The van der Waals surface area contributed by atoms with Crippen molar-refractivity contribution in [3.63, 3.8) is 0 Å². The summed E-state index contributed by atoms with van der Waals surface area (Å²) >= 11 is 0. The molecule has 0 bridgehead atoms. The van der Waals surface area contributed by atoms with E-state index in [4.69, 9.17) is 0 Å². The molecule has 2 amide bonds. The van der Waals surface area contributed by atoms with E-state index >= 15 is 0 Å². The molecule has 3 rings (SSSR count). The highest BCUT2D eigenvalue weighted by Gasteiger charge is 2.15. The van der Waals surface area contributed by atoms with E-state index < -0.39 is 6.04 Å². The summed E-state index contributed by atoms with van der Waals surface area (Å²) in [4.78, 5) is 23.8. The van der Waals surface area contributed by atoms with Crippen LogP contribution in [0.15, 0.2) is 60.8 Å². The number of carbonyl (C=O) groups excluding carboxylic acids is 2. The monoisotopic (exact) mass is 351 g/mol. The number of aliphatic hydroxyl groups excluding tert-OH is 1. The molecule has 0 aliphatic rings. The number of nitrogens with one attached hydrogen (secondary N) is 2. The summed E-state index contributed by atoms with van der Waals surface area (Å²) < 4.78 is 1.81. The topological polar surface area (TPSA) is 83.4 Å². The Morgan fingerprint density at radius 1 is 1.08 bits per heavy atom. The molecule has 2 aromatic carbocycles. The summed E-state index contributed by atoms with van der Waals surface area (Å²) in [5.74, 6) is -0.341. The summed E-state index contributed by atoms with van der Waals surface area (Å²) in [6, 6.07) is 16.3. The normalized spacial score (nSPS) is 11.9. The molecule has 0 unspecified atom stereocenters. The summed E-state index contributed by atoms with van der Waals surface area (Å²) in [5, 5.41) is 16.1. The predicted octanol–water partition coefficient (Wildman–Crippen LogP) is 2.45. The Labute approximate surface area is 151 Å². The molecular weight excluding hydrogens is 330 g/mol. The minimum atomic E-state index is -0.444. The molecule has 1 heterocycles. The highest BCUT2D eigenvalue weighted by molar-refractivity contribution is 6.01. The lowest BCUT2D eigenvalue weighted by atomic mass is 10.1. The number of benzene rings is 2. The van der Waals surface area contributed by atoms with E-state index in [9.17, 15) is 14.7 Å². The van der Waals surface area contributed by atoms with Gasteiger partial charge in [0.15, 0.2) is 0 Å². The molecule has 134 valence electrons. The summed E-state index contributed by atoms with van der Waals surface area (Å²) in [5.41, 5.74) is 2.42. The van der Waals surface area contributed by atoms with E-state index in [1.165, 1.54) is 6.92 Å². The Hall–Kier alpha value is -3.12. The van der Waals surface area contributed by atoms with Crippen LogP contribution in [0.3, 0.4) is 0 Å². The Bertz CT molecular complexity index is 918. The zero-order valence-electron chi connectivity index (χ0n) is 14.5. The molecule has 0 spiro atoms. The average Bonchev–Trinajstić information content (AvgIpc) is 3.04. The molecule has 0 aliphatic heterocycles. The standard InChI is InChI=1S/C20H21N3O3/c1-14(25)21-17-8-5-9-19-16(17)10-11-23(19)12-20(26)22-18(13-24)15-6-3-2-4-7-15/h2-11,18,24H,12-13H2,1H3,(H,21,25)(H,22,26)/t18-/m0/s1. The molecule has 3 N–H and O–H groups in total. The van der Waals surface area contributed by atoms with Crippen LogP contribution in [0.4, 0.5) is 5.69 Å². The molecule has 6 nitrogen and oxygen atoms in total. The quantitative estimate of drug-likeness (QED) is 0.638. The number of amides is 2. The number of aromatic nitrogens is 1. The molecule has 1 aromatic heterocycles. The van der Waals surface area contributed by atoms with Crippen molar-refractivity contribution in [3.05, 3.63) is 66.4 Å². The van der Waals surface area contributed by atoms with Crippen molar-refractivity contribution in [2.45, 2.75) is 19.5 Å². The van der Waals surface area contributed by atoms with E-state index in [2.05, 4.69) is 10.6 Å². The number of hydrogen-bond acceptors (Lipinski definition) is 3. The summed E-state index contributed by atoms with van der Waals surface area (Å²) in [6.07, 6.45) is 1.81. The van der Waals surface area contributed by atoms with Gasteiger partial charge in [0.2, 0.25) is 11.8 Å². The van der Waals surface area contributed by atoms with Crippen LogP contribution in [0.2, 0.25) is 0 Å². The van der Waals surface area contributed by atoms with Crippen LogP contribution in [0, 0.1) is 0 Å². The van der Waals surface area contributed by atoms with Crippen molar-refractivity contribution in [2.75, 3.05) is 11.9 Å². The van der Waals surface area contributed by atoms with Crippen LogP contribution in [-0.2, 0) is 16.1 Å². The van der Waals surface area contributed by atoms with Gasteiger partial charge < -0.3 is 20.3 Å². The fourth-order valence-corrected chi connectivity index (χ4v) is 2.97. The second kappa shape index (κ2) is 7.84. The lowest BCUT2D eigenvalue weighted by molar-refractivity contribution is -0.122. The highest BCUT2D eigenvalue weighted by atomic mass is 16.3. The van der Waals surface area contributed by atoms with Gasteiger partial charge in [-0.05, 0) is 23.8 Å². The maximum Gasteiger partial charge on any atom is 0.240 e. The van der Waals surface area contributed by atoms with E-state index in [0.717, 1.165) is 16.5 Å². The number of nitrogens with zero attached hydrogens (tertiary/aromatic N) is 1. The predicted molar refractivity (Wildman–Crippen MR) is 101 cm³/mol. The minimum Gasteiger partial charge on any atom is -0.394 e. The van der Waals surface area contributed by atoms with E-state index in [1.807, 2.05) is 65.4 Å². The van der Waals surface area contributed by atoms with Gasteiger partial charge in [-0.25, -0.2) is 0 Å². The Balaban J connectivity index is 1.76. The second-order valence-corrected chi connectivity index (χ2v) is 6.08. The maximum atomic E-state index is 12.4. The smallest absolute Gasteiger partial charge is 0.240 e. The number of anilines is 1. The third-order valence-corrected chi connectivity index (χ3v) is 4.16. The lowest BCUT2D eigenvalue weighted by Crippen LogP contribution is -2.33. The van der Waals surface area contributed by atoms with Crippen LogP contribution >= 0.6 is 0 Å². The van der Waals surface area contributed by atoms with Gasteiger partial charge in [0.25, 0.3) is 0 Å². The number of hydrogen-bond donors (Lipinski definition) is 3. The zero-order chi connectivity index (χ0) is 18.5. The molecular formula is C20H21N3O3. The molecule has 0 saturated heterocycles. The first kappa shape index (κ1) is 17.7. The number of aliphatic hydroxyl groups is 1. The fourth-order valence-electron chi connectivity index (χ4n) is 2.97. The van der Waals surface area contributed by atoms with E-state index in [-0.39, 0.29) is 25.0 Å². The molecule has 0 fully saturated rings. The average molecular weight is 351 g/mol. The number of carbonyl (C=O) groups is 2. The van der Waals surface area contributed by atoms with Gasteiger partial charge >= 0.3 is 0 Å². The number of rotatable bonds is 6. The van der Waals surface area contributed by atoms with Gasteiger partial charge in [0.05, 0.1) is 23.9 Å². The highest BCUT2D eigenvalue weighted by Crippen LogP contribution is 2.24. The molecule has 0 radical (unpaired) electrons. The first-order valence-corrected chi connectivity index (χ1v) is 8.39. The van der Waals surface area contributed by atoms with E-state index in [0.29, 0.717) is 5.69 Å². The second-order valence-electron chi connectivity index (χ2n) is 6.08. The zero-order valence-corrected chi connectivity index (χ0v) is 14.5. The summed E-state index contributed by atoms with van der Waals surface area (Å²) in [6.45, 7) is 1.41. The third-order valence-electron chi connectivity index (χ3n) is 4.16. The molecule has 0 saturated carbocycles. The Morgan fingerprint density at radius 2 is 1.85 bits per heavy atom. The lowest BCUT2D eigenvalue weighted by Gasteiger charge is -2.17. The first-order chi connectivity index (χ1) is 12.6. The molecule has 6 heteroatoms. The molecule has 26 heavy (non-hydrogen) atoms. The van der Waals surface area contributed by atoms with Gasteiger partial charge in [-0.15, -0.1) is 0 Å². The van der Waals surface area contributed by atoms with Crippen molar-refractivity contribution in [3.8, 4) is 0 Å². The van der Waals surface area contributed by atoms with Crippen molar-refractivity contribution < 1.29 is 14.7 Å². The first-order valence-electron chi connectivity index (χ1n) is 8.39. The van der Waals surface area contributed by atoms with Crippen LogP contribution in [0.1, 0.15) is 18.5 Å². The number of fused-ring (bicyclic) bond motifs is 1. The van der Waals surface area contributed by atoms with E-state index in [1.54, 1.807) is 0 Å². The van der Waals surface area contributed by atoms with Gasteiger partial charge in [-0.1, -0.05) is 36.4 Å². The molecule has 0 aliphatic carbocycles. The van der Waals surface area contributed by atoms with Crippen LogP contribution in [-0.4, -0.2) is 28.1 Å². The van der Waals surface area contributed by atoms with Crippen LogP contribution in [0.5, 0.6) is 0 Å². The molecule has 1 atom stereocenters.